The fourth-order valence-electron chi connectivity index (χ4n) is 2.73. The van der Waals surface area contributed by atoms with E-state index >= 15 is 0 Å². The molecule has 0 amide bonds. The molecular formula is C18H19N3O3. The Balaban J connectivity index is 2.24. The lowest BCUT2D eigenvalue weighted by atomic mass is 10.1. The molecule has 24 heavy (non-hydrogen) atoms. The van der Waals surface area contributed by atoms with Gasteiger partial charge in [-0.3, -0.25) is 0 Å². The van der Waals surface area contributed by atoms with E-state index in [0.717, 1.165) is 16.8 Å². The molecule has 0 spiro atoms. The maximum Gasteiger partial charge on any atom is 0.341 e. The van der Waals surface area contributed by atoms with Gasteiger partial charge in [-0.2, -0.15) is 5.10 Å². The normalized spacial score (nSPS) is 11.0. The summed E-state index contributed by atoms with van der Waals surface area (Å²) in [7, 11) is 1.58. The van der Waals surface area contributed by atoms with Gasteiger partial charge < -0.3 is 9.47 Å². The summed E-state index contributed by atoms with van der Waals surface area (Å²) >= 11 is 0. The van der Waals surface area contributed by atoms with Crippen LogP contribution < -0.4 is 0 Å². The number of ether oxygens (including phenoxy) is 2. The number of esters is 1. The molecule has 0 aliphatic carbocycles. The number of methoxy groups -OCH3 is 1. The molecule has 0 saturated heterocycles. The lowest BCUT2D eigenvalue weighted by molar-refractivity contribution is 0.0519. The van der Waals surface area contributed by atoms with Crippen LogP contribution in [-0.4, -0.2) is 34.3 Å². The first-order chi connectivity index (χ1) is 11.7. The highest BCUT2D eigenvalue weighted by molar-refractivity contribution is 5.91. The van der Waals surface area contributed by atoms with Crippen LogP contribution in [0.3, 0.4) is 0 Å². The van der Waals surface area contributed by atoms with E-state index in [4.69, 9.17) is 9.47 Å². The standard InChI is InChI=1S/C18H19N3O3/c1-4-24-18(22)14-10-19-17-16(13-8-6-5-7-9-13)12(2)20-21(17)15(14)11-23-3/h5-10H,4,11H2,1-3H3. The first kappa shape index (κ1) is 16.1. The van der Waals surface area contributed by atoms with Gasteiger partial charge in [0.1, 0.15) is 5.56 Å². The number of fused-ring (bicyclic) bond motifs is 1. The second-order valence-corrected chi connectivity index (χ2v) is 5.33. The maximum atomic E-state index is 12.2. The van der Waals surface area contributed by atoms with E-state index in [-0.39, 0.29) is 6.61 Å². The molecule has 0 aliphatic heterocycles. The summed E-state index contributed by atoms with van der Waals surface area (Å²) in [6, 6.07) is 9.94. The monoisotopic (exact) mass is 325 g/mol. The van der Waals surface area contributed by atoms with E-state index in [1.165, 1.54) is 6.20 Å². The third kappa shape index (κ3) is 2.76. The Labute approximate surface area is 140 Å². The predicted octanol–water partition coefficient (Wildman–Crippen LogP) is 3.03. The summed E-state index contributed by atoms with van der Waals surface area (Å²) in [5.74, 6) is -0.423. The molecule has 0 aliphatic rings. The van der Waals surface area contributed by atoms with Gasteiger partial charge in [-0.05, 0) is 19.4 Å². The summed E-state index contributed by atoms with van der Waals surface area (Å²) in [5.41, 5.74) is 4.51. The third-order valence-corrected chi connectivity index (χ3v) is 3.76. The zero-order valence-corrected chi connectivity index (χ0v) is 13.9. The molecule has 0 radical (unpaired) electrons. The molecule has 0 N–H and O–H groups in total. The van der Waals surface area contributed by atoms with Gasteiger partial charge in [-0.15, -0.1) is 0 Å². The lowest BCUT2D eigenvalue weighted by Gasteiger charge is -2.10. The van der Waals surface area contributed by atoms with Crippen LogP contribution in [-0.2, 0) is 16.1 Å². The van der Waals surface area contributed by atoms with Crippen molar-refractivity contribution in [2.75, 3.05) is 13.7 Å². The number of aryl methyl sites for hydroxylation is 1. The van der Waals surface area contributed by atoms with Gasteiger partial charge in [-0.1, -0.05) is 30.3 Å². The van der Waals surface area contributed by atoms with E-state index in [2.05, 4.69) is 10.1 Å². The number of benzene rings is 1. The Bertz CT molecular complexity index is 872. The van der Waals surface area contributed by atoms with Crippen molar-refractivity contribution in [2.24, 2.45) is 0 Å². The minimum atomic E-state index is -0.423. The molecule has 0 saturated carbocycles. The summed E-state index contributed by atoms with van der Waals surface area (Å²) in [4.78, 5) is 16.7. The molecule has 2 heterocycles. The molecule has 3 aromatic rings. The molecule has 3 rings (SSSR count). The van der Waals surface area contributed by atoms with Crippen molar-refractivity contribution >= 4 is 11.6 Å². The van der Waals surface area contributed by atoms with Crippen LogP contribution >= 0.6 is 0 Å². The van der Waals surface area contributed by atoms with E-state index < -0.39 is 5.97 Å². The van der Waals surface area contributed by atoms with Crippen LogP contribution in [0.4, 0.5) is 0 Å². The fraction of sp³-hybridized carbons (Fsp3) is 0.278. The average molecular weight is 325 g/mol. The highest BCUT2D eigenvalue weighted by Crippen LogP contribution is 2.28. The Hall–Kier alpha value is -2.73. The van der Waals surface area contributed by atoms with E-state index in [0.29, 0.717) is 23.5 Å². The van der Waals surface area contributed by atoms with Crippen molar-refractivity contribution in [2.45, 2.75) is 20.5 Å². The molecule has 0 atom stereocenters. The Kier molecular flexibility index (Phi) is 4.57. The second kappa shape index (κ2) is 6.80. The van der Waals surface area contributed by atoms with Crippen molar-refractivity contribution in [3.8, 4) is 11.1 Å². The number of nitrogens with zero attached hydrogens (tertiary/aromatic N) is 3. The lowest BCUT2D eigenvalue weighted by Crippen LogP contribution is -2.14. The molecule has 6 nitrogen and oxygen atoms in total. The fourth-order valence-corrected chi connectivity index (χ4v) is 2.73. The van der Waals surface area contributed by atoms with Crippen LogP contribution in [0.15, 0.2) is 36.5 Å². The third-order valence-electron chi connectivity index (χ3n) is 3.76. The minimum absolute atomic E-state index is 0.239. The molecule has 0 fully saturated rings. The SMILES string of the molecule is CCOC(=O)c1cnc2c(-c3ccccc3)c(C)nn2c1COC. The zero-order valence-electron chi connectivity index (χ0n) is 13.9. The Morgan fingerprint density at radius 1 is 1.25 bits per heavy atom. The molecule has 2 aromatic heterocycles. The van der Waals surface area contributed by atoms with Crippen molar-refractivity contribution < 1.29 is 14.3 Å². The molecular weight excluding hydrogens is 306 g/mol. The van der Waals surface area contributed by atoms with Gasteiger partial charge in [0.2, 0.25) is 0 Å². The first-order valence-electron chi connectivity index (χ1n) is 7.76. The smallest absolute Gasteiger partial charge is 0.341 e. The van der Waals surface area contributed by atoms with Crippen molar-refractivity contribution in [1.29, 1.82) is 0 Å². The number of aromatic nitrogens is 3. The molecule has 0 unspecified atom stereocenters. The number of carbonyl (C=O) groups excluding carboxylic acids is 1. The van der Waals surface area contributed by atoms with E-state index in [9.17, 15) is 4.79 Å². The quantitative estimate of drug-likeness (QED) is 0.675. The number of carbonyl (C=O) groups is 1. The largest absolute Gasteiger partial charge is 0.462 e. The minimum Gasteiger partial charge on any atom is -0.462 e. The number of hydrogen-bond donors (Lipinski definition) is 0. The van der Waals surface area contributed by atoms with Crippen LogP contribution in [0.2, 0.25) is 0 Å². The Morgan fingerprint density at radius 2 is 2.00 bits per heavy atom. The Morgan fingerprint density at radius 3 is 2.67 bits per heavy atom. The van der Waals surface area contributed by atoms with Gasteiger partial charge in [0.25, 0.3) is 0 Å². The van der Waals surface area contributed by atoms with E-state index in [1.807, 2.05) is 37.3 Å². The highest BCUT2D eigenvalue weighted by atomic mass is 16.5. The molecule has 0 bridgehead atoms. The van der Waals surface area contributed by atoms with Crippen molar-refractivity contribution in [3.05, 3.63) is 53.5 Å². The van der Waals surface area contributed by atoms with Crippen LogP contribution in [0.1, 0.15) is 28.7 Å². The summed E-state index contributed by atoms with van der Waals surface area (Å²) in [5, 5.41) is 4.58. The highest BCUT2D eigenvalue weighted by Gasteiger charge is 2.21. The summed E-state index contributed by atoms with van der Waals surface area (Å²) < 4.78 is 12.0. The van der Waals surface area contributed by atoms with Crippen LogP contribution in [0.25, 0.3) is 16.8 Å². The first-order valence-corrected chi connectivity index (χ1v) is 7.76. The zero-order chi connectivity index (χ0) is 17.1. The van der Waals surface area contributed by atoms with Gasteiger partial charge >= 0.3 is 5.97 Å². The van der Waals surface area contributed by atoms with Gasteiger partial charge in [0.15, 0.2) is 5.65 Å². The average Bonchev–Trinajstić information content (AvgIpc) is 2.92. The van der Waals surface area contributed by atoms with Gasteiger partial charge in [0.05, 0.1) is 24.6 Å². The van der Waals surface area contributed by atoms with Gasteiger partial charge in [0, 0.05) is 18.9 Å². The topological polar surface area (TPSA) is 65.7 Å². The predicted molar refractivity (Wildman–Crippen MR) is 89.8 cm³/mol. The van der Waals surface area contributed by atoms with Crippen LogP contribution in [0, 0.1) is 6.92 Å². The number of hydrogen-bond acceptors (Lipinski definition) is 5. The van der Waals surface area contributed by atoms with E-state index in [1.54, 1.807) is 18.5 Å². The molecule has 1 aromatic carbocycles. The molecule has 124 valence electrons. The maximum absolute atomic E-state index is 12.2. The van der Waals surface area contributed by atoms with Crippen molar-refractivity contribution in [1.82, 2.24) is 14.6 Å². The van der Waals surface area contributed by atoms with Crippen LogP contribution in [0.5, 0.6) is 0 Å². The summed E-state index contributed by atoms with van der Waals surface area (Å²) in [6.07, 6.45) is 1.54. The van der Waals surface area contributed by atoms with Gasteiger partial charge in [-0.25, -0.2) is 14.3 Å². The van der Waals surface area contributed by atoms with Crippen molar-refractivity contribution in [3.63, 3.8) is 0 Å². The number of rotatable bonds is 5. The summed E-state index contributed by atoms with van der Waals surface area (Å²) in [6.45, 7) is 4.24. The molecule has 6 heteroatoms. The second-order valence-electron chi connectivity index (χ2n) is 5.33.